The van der Waals surface area contributed by atoms with Crippen LogP contribution >= 0.6 is 0 Å². The zero-order valence-corrected chi connectivity index (χ0v) is 20.3. The number of carbonyl (C=O) groups is 2. The van der Waals surface area contributed by atoms with E-state index in [0.717, 1.165) is 22.4 Å². The Bertz CT molecular complexity index is 1350. The fourth-order valence-corrected chi connectivity index (χ4v) is 3.84. The van der Waals surface area contributed by atoms with Gasteiger partial charge in [-0.1, -0.05) is 84.9 Å². The van der Waals surface area contributed by atoms with Gasteiger partial charge >= 0.3 is 0 Å². The second kappa shape index (κ2) is 11.7. The molecule has 0 saturated heterocycles. The lowest BCUT2D eigenvalue weighted by molar-refractivity contribution is -0.111. The number of benzene rings is 4. The third-order valence-electron chi connectivity index (χ3n) is 5.82. The third kappa shape index (κ3) is 6.07. The fourth-order valence-electron chi connectivity index (χ4n) is 3.84. The Hall–Kier alpha value is -4.64. The van der Waals surface area contributed by atoms with Crippen LogP contribution in [-0.2, 0) is 4.79 Å². The van der Waals surface area contributed by atoms with Gasteiger partial charge in [-0.05, 0) is 54.0 Å². The van der Waals surface area contributed by atoms with Crippen LogP contribution < -0.4 is 15.4 Å². The summed E-state index contributed by atoms with van der Waals surface area (Å²) in [4.78, 5) is 26.7. The van der Waals surface area contributed by atoms with Crippen molar-refractivity contribution in [3.8, 4) is 5.75 Å². The lowest BCUT2D eigenvalue weighted by atomic mass is 10.0. The van der Waals surface area contributed by atoms with Gasteiger partial charge in [0, 0.05) is 5.57 Å². The Labute approximate surface area is 211 Å². The number of hydrogen-bond donors (Lipinski definition) is 2. The predicted molar refractivity (Wildman–Crippen MR) is 145 cm³/mol. The minimum absolute atomic E-state index is 0.183. The van der Waals surface area contributed by atoms with Crippen molar-refractivity contribution in [2.24, 2.45) is 0 Å². The van der Waals surface area contributed by atoms with Crippen molar-refractivity contribution < 1.29 is 14.3 Å². The van der Waals surface area contributed by atoms with Gasteiger partial charge in [0.15, 0.2) is 0 Å². The number of amides is 2. The molecule has 1 atom stereocenters. The summed E-state index contributed by atoms with van der Waals surface area (Å²) in [6, 6.07) is 33.5. The molecular weight excluding hydrogens is 448 g/mol. The number of methoxy groups -OCH3 is 1. The van der Waals surface area contributed by atoms with E-state index >= 15 is 0 Å². The van der Waals surface area contributed by atoms with E-state index in [-0.39, 0.29) is 17.9 Å². The van der Waals surface area contributed by atoms with E-state index in [9.17, 15) is 9.59 Å². The molecule has 4 rings (SSSR count). The molecule has 0 aliphatic rings. The first kappa shape index (κ1) is 24.5. The lowest BCUT2D eigenvalue weighted by Gasteiger charge is -2.17. The molecule has 4 aromatic rings. The quantitative estimate of drug-likeness (QED) is 0.230. The molecule has 2 amide bonds. The van der Waals surface area contributed by atoms with Crippen LogP contribution in [0.15, 0.2) is 109 Å². The van der Waals surface area contributed by atoms with Gasteiger partial charge in [0.25, 0.3) is 11.8 Å². The molecule has 4 aromatic carbocycles. The Kier molecular flexibility index (Phi) is 7.94. The molecule has 2 N–H and O–H groups in total. The summed E-state index contributed by atoms with van der Waals surface area (Å²) in [6.07, 6.45) is 1.82. The maximum atomic E-state index is 13.5. The largest absolute Gasteiger partial charge is 0.497 e. The summed E-state index contributed by atoms with van der Waals surface area (Å²) in [5, 5.41) is 5.97. The van der Waals surface area contributed by atoms with E-state index in [4.69, 9.17) is 4.74 Å². The number of carbonyl (C=O) groups excluding carboxylic acids is 2. The molecule has 180 valence electrons. The van der Waals surface area contributed by atoms with Crippen LogP contribution in [0, 0.1) is 0 Å². The van der Waals surface area contributed by atoms with Crippen molar-refractivity contribution in [3.63, 3.8) is 0 Å². The topological polar surface area (TPSA) is 67.4 Å². The Morgan fingerprint density at radius 3 is 2.06 bits per heavy atom. The number of hydrogen-bond acceptors (Lipinski definition) is 3. The second-order valence-electron chi connectivity index (χ2n) is 8.30. The fraction of sp³-hybridized carbons (Fsp3) is 0.0968. The molecule has 0 fully saturated rings. The molecule has 36 heavy (non-hydrogen) atoms. The maximum absolute atomic E-state index is 13.5. The first-order valence-electron chi connectivity index (χ1n) is 11.7. The zero-order chi connectivity index (χ0) is 25.3. The average molecular weight is 477 g/mol. The van der Waals surface area contributed by atoms with Crippen LogP contribution in [0.25, 0.3) is 11.6 Å². The molecule has 0 saturated carbocycles. The van der Waals surface area contributed by atoms with Gasteiger partial charge in [-0.3, -0.25) is 9.59 Å². The van der Waals surface area contributed by atoms with Crippen LogP contribution in [0.4, 0.5) is 5.69 Å². The second-order valence-corrected chi connectivity index (χ2v) is 8.30. The summed E-state index contributed by atoms with van der Waals surface area (Å²) in [7, 11) is 1.61. The zero-order valence-electron chi connectivity index (χ0n) is 20.3. The van der Waals surface area contributed by atoms with E-state index in [1.807, 2.05) is 97.9 Å². The Balaban J connectivity index is 1.60. The van der Waals surface area contributed by atoms with E-state index in [1.54, 1.807) is 31.4 Å². The minimum Gasteiger partial charge on any atom is -0.497 e. The van der Waals surface area contributed by atoms with Crippen LogP contribution in [0.2, 0.25) is 0 Å². The number of anilines is 1. The highest BCUT2D eigenvalue weighted by Crippen LogP contribution is 2.24. The first-order valence-corrected chi connectivity index (χ1v) is 11.7. The van der Waals surface area contributed by atoms with Crippen LogP contribution in [0.1, 0.15) is 40.0 Å². The van der Waals surface area contributed by atoms with Crippen molar-refractivity contribution in [2.75, 3.05) is 12.4 Å². The number of ether oxygens (including phenoxy) is 1. The third-order valence-corrected chi connectivity index (χ3v) is 5.82. The molecular formula is C31H28N2O3. The minimum atomic E-state index is -0.312. The van der Waals surface area contributed by atoms with E-state index in [0.29, 0.717) is 16.8 Å². The van der Waals surface area contributed by atoms with E-state index in [1.165, 1.54) is 0 Å². The standard InChI is InChI=1S/C31H28N2O3/c1-22(24-11-5-3-6-12-24)32-30(34)27-15-9-10-16-29(27)33-31(35)28(25-13-7-4-8-14-25)21-23-17-19-26(36-2)20-18-23/h3-22H,1-2H3,(H,32,34)(H,33,35)/b28-21+/t22-/m1/s1. The van der Waals surface area contributed by atoms with E-state index in [2.05, 4.69) is 10.6 Å². The summed E-state index contributed by atoms with van der Waals surface area (Å²) in [5.41, 5.74) is 3.94. The monoisotopic (exact) mass is 476 g/mol. The maximum Gasteiger partial charge on any atom is 0.256 e. The summed E-state index contributed by atoms with van der Waals surface area (Å²) in [6.45, 7) is 1.93. The number of rotatable bonds is 8. The van der Waals surface area contributed by atoms with Crippen LogP contribution in [0.5, 0.6) is 5.75 Å². The molecule has 0 spiro atoms. The molecule has 5 heteroatoms. The number of nitrogens with one attached hydrogen (secondary N) is 2. The highest BCUT2D eigenvalue weighted by Gasteiger charge is 2.18. The number of para-hydroxylation sites is 1. The molecule has 0 radical (unpaired) electrons. The summed E-state index contributed by atoms with van der Waals surface area (Å²) >= 11 is 0. The molecule has 0 unspecified atom stereocenters. The van der Waals surface area contributed by atoms with Gasteiger partial charge in [0.05, 0.1) is 24.4 Å². The van der Waals surface area contributed by atoms with Crippen LogP contribution in [0.3, 0.4) is 0 Å². The predicted octanol–water partition coefficient (Wildman–Crippen LogP) is 6.37. The SMILES string of the molecule is COc1ccc(/C=C(/C(=O)Nc2ccccc2C(=O)N[C@H](C)c2ccccc2)c2ccccc2)cc1. The van der Waals surface area contributed by atoms with Crippen molar-refractivity contribution in [1.29, 1.82) is 0 Å². The Morgan fingerprint density at radius 2 is 1.39 bits per heavy atom. The summed E-state index contributed by atoms with van der Waals surface area (Å²) in [5.74, 6) is 0.165. The highest BCUT2D eigenvalue weighted by atomic mass is 16.5. The molecule has 5 nitrogen and oxygen atoms in total. The smallest absolute Gasteiger partial charge is 0.256 e. The molecule has 0 aromatic heterocycles. The van der Waals surface area contributed by atoms with Crippen molar-refractivity contribution >= 4 is 29.2 Å². The van der Waals surface area contributed by atoms with E-state index < -0.39 is 0 Å². The van der Waals surface area contributed by atoms with Gasteiger partial charge in [-0.15, -0.1) is 0 Å². The normalized spacial score (nSPS) is 11.9. The summed E-state index contributed by atoms with van der Waals surface area (Å²) < 4.78 is 5.24. The van der Waals surface area contributed by atoms with Gasteiger partial charge in [-0.25, -0.2) is 0 Å². The van der Waals surface area contributed by atoms with Gasteiger partial charge in [0.1, 0.15) is 5.75 Å². The Morgan fingerprint density at radius 1 is 0.778 bits per heavy atom. The van der Waals surface area contributed by atoms with Gasteiger partial charge in [0.2, 0.25) is 0 Å². The lowest BCUT2D eigenvalue weighted by Crippen LogP contribution is -2.28. The molecule has 0 bridgehead atoms. The van der Waals surface area contributed by atoms with Crippen molar-refractivity contribution in [2.45, 2.75) is 13.0 Å². The van der Waals surface area contributed by atoms with Gasteiger partial charge < -0.3 is 15.4 Å². The molecule has 0 aliphatic heterocycles. The van der Waals surface area contributed by atoms with Crippen LogP contribution in [-0.4, -0.2) is 18.9 Å². The molecule has 0 aliphatic carbocycles. The molecule has 0 heterocycles. The average Bonchev–Trinajstić information content (AvgIpc) is 2.93. The highest BCUT2D eigenvalue weighted by molar-refractivity contribution is 6.29. The van der Waals surface area contributed by atoms with Crippen molar-refractivity contribution in [3.05, 3.63) is 131 Å². The van der Waals surface area contributed by atoms with Crippen molar-refractivity contribution in [1.82, 2.24) is 5.32 Å². The first-order chi connectivity index (χ1) is 17.5. The van der Waals surface area contributed by atoms with Gasteiger partial charge in [-0.2, -0.15) is 0 Å².